The highest BCUT2D eigenvalue weighted by Crippen LogP contribution is 2.19. The number of hydrogen-bond acceptors (Lipinski definition) is 3. The van der Waals surface area contributed by atoms with Gasteiger partial charge in [0.05, 0.1) is 11.4 Å². The summed E-state index contributed by atoms with van der Waals surface area (Å²) in [5.41, 5.74) is 7.86. The minimum absolute atomic E-state index is 0.0905. The number of amides is 1. The van der Waals surface area contributed by atoms with E-state index in [1.54, 1.807) is 12.1 Å². The lowest BCUT2D eigenvalue weighted by Gasteiger charge is -2.09. The highest BCUT2D eigenvalue weighted by atomic mass is 16.1. The van der Waals surface area contributed by atoms with Crippen LogP contribution in [-0.2, 0) is 0 Å². The number of carbonyl (C=O) groups excluding carboxylic acids is 1. The van der Waals surface area contributed by atoms with Gasteiger partial charge in [-0.05, 0) is 32.0 Å². The third-order valence-corrected chi connectivity index (χ3v) is 2.02. The molecule has 4 heteroatoms. The van der Waals surface area contributed by atoms with E-state index in [9.17, 15) is 4.79 Å². The van der Waals surface area contributed by atoms with Gasteiger partial charge in [-0.3, -0.25) is 4.79 Å². The summed E-state index contributed by atoms with van der Waals surface area (Å²) in [5.74, 6) is -0.0905. The molecule has 15 heavy (non-hydrogen) atoms. The van der Waals surface area contributed by atoms with E-state index in [2.05, 4.69) is 10.6 Å². The number of nitrogen functional groups attached to an aromatic ring is 1. The number of rotatable bonds is 4. The number of carbonyl (C=O) groups is 1. The number of nitrogens with one attached hydrogen (secondary N) is 2. The molecule has 0 saturated heterocycles. The Morgan fingerprint density at radius 2 is 2.07 bits per heavy atom. The zero-order chi connectivity index (χ0) is 11.3. The smallest absolute Gasteiger partial charge is 0.251 e. The van der Waals surface area contributed by atoms with Crippen LogP contribution in [0.15, 0.2) is 18.2 Å². The van der Waals surface area contributed by atoms with Crippen LogP contribution in [0.2, 0.25) is 0 Å². The third kappa shape index (κ3) is 2.87. The maximum Gasteiger partial charge on any atom is 0.251 e. The third-order valence-electron chi connectivity index (χ3n) is 2.02. The first-order valence-corrected chi connectivity index (χ1v) is 5.10. The molecule has 0 spiro atoms. The molecule has 1 aromatic rings. The van der Waals surface area contributed by atoms with Crippen molar-refractivity contribution in [1.29, 1.82) is 0 Å². The van der Waals surface area contributed by atoms with Crippen LogP contribution in [-0.4, -0.2) is 19.0 Å². The van der Waals surface area contributed by atoms with Gasteiger partial charge in [0.1, 0.15) is 0 Å². The molecule has 0 heterocycles. The van der Waals surface area contributed by atoms with E-state index in [-0.39, 0.29) is 5.91 Å². The topological polar surface area (TPSA) is 67.2 Å². The monoisotopic (exact) mass is 207 g/mol. The SMILES string of the molecule is CCNC(=O)c1ccc(NCC)c(N)c1. The predicted molar refractivity (Wildman–Crippen MR) is 63.0 cm³/mol. The first-order chi connectivity index (χ1) is 7.19. The van der Waals surface area contributed by atoms with E-state index in [1.807, 2.05) is 19.9 Å². The molecule has 1 amide bonds. The molecule has 0 fully saturated rings. The van der Waals surface area contributed by atoms with Crippen LogP contribution < -0.4 is 16.4 Å². The molecule has 1 rings (SSSR count). The first kappa shape index (κ1) is 11.4. The van der Waals surface area contributed by atoms with Gasteiger partial charge < -0.3 is 16.4 Å². The lowest BCUT2D eigenvalue weighted by Crippen LogP contribution is -2.22. The van der Waals surface area contributed by atoms with Gasteiger partial charge in [0.15, 0.2) is 0 Å². The van der Waals surface area contributed by atoms with Gasteiger partial charge in [0.25, 0.3) is 5.91 Å². The summed E-state index contributed by atoms with van der Waals surface area (Å²) in [6.07, 6.45) is 0. The van der Waals surface area contributed by atoms with Crippen molar-refractivity contribution in [3.05, 3.63) is 23.8 Å². The Balaban J connectivity index is 2.86. The van der Waals surface area contributed by atoms with Crippen LogP contribution in [0.4, 0.5) is 11.4 Å². The van der Waals surface area contributed by atoms with Gasteiger partial charge in [0, 0.05) is 18.7 Å². The summed E-state index contributed by atoms with van der Waals surface area (Å²) in [6, 6.07) is 5.27. The van der Waals surface area contributed by atoms with Crippen molar-refractivity contribution in [1.82, 2.24) is 5.32 Å². The van der Waals surface area contributed by atoms with Gasteiger partial charge >= 0.3 is 0 Å². The van der Waals surface area contributed by atoms with E-state index in [0.29, 0.717) is 17.8 Å². The summed E-state index contributed by atoms with van der Waals surface area (Å²) in [6.45, 7) is 5.31. The second-order valence-electron chi connectivity index (χ2n) is 3.19. The Morgan fingerprint density at radius 3 is 2.60 bits per heavy atom. The molecule has 0 saturated carbocycles. The van der Waals surface area contributed by atoms with Crippen molar-refractivity contribution >= 4 is 17.3 Å². The Morgan fingerprint density at radius 1 is 1.33 bits per heavy atom. The molecule has 4 nitrogen and oxygen atoms in total. The van der Waals surface area contributed by atoms with E-state index >= 15 is 0 Å². The fraction of sp³-hybridized carbons (Fsp3) is 0.364. The minimum Gasteiger partial charge on any atom is -0.397 e. The van der Waals surface area contributed by atoms with Gasteiger partial charge in [-0.1, -0.05) is 0 Å². The molecular weight excluding hydrogens is 190 g/mol. The maximum absolute atomic E-state index is 11.5. The van der Waals surface area contributed by atoms with Gasteiger partial charge in [-0.15, -0.1) is 0 Å². The molecular formula is C11H17N3O. The fourth-order valence-electron chi connectivity index (χ4n) is 1.32. The van der Waals surface area contributed by atoms with Crippen LogP contribution in [0.3, 0.4) is 0 Å². The van der Waals surface area contributed by atoms with Crippen LogP contribution in [0.5, 0.6) is 0 Å². The molecule has 0 unspecified atom stereocenters. The summed E-state index contributed by atoms with van der Waals surface area (Å²) in [5, 5.41) is 5.84. The van der Waals surface area contributed by atoms with Gasteiger partial charge in [-0.2, -0.15) is 0 Å². The highest BCUT2D eigenvalue weighted by molar-refractivity contribution is 5.96. The van der Waals surface area contributed by atoms with E-state index < -0.39 is 0 Å². The predicted octanol–water partition coefficient (Wildman–Crippen LogP) is 1.45. The second kappa shape index (κ2) is 5.24. The van der Waals surface area contributed by atoms with Crippen molar-refractivity contribution in [2.75, 3.05) is 24.1 Å². The zero-order valence-electron chi connectivity index (χ0n) is 9.13. The van der Waals surface area contributed by atoms with Crippen molar-refractivity contribution < 1.29 is 4.79 Å². The number of hydrogen-bond donors (Lipinski definition) is 3. The lowest BCUT2D eigenvalue weighted by atomic mass is 10.1. The largest absolute Gasteiger partial charge is 0.397 e. The normalized spacial score (nSPS) is 9.73. The second-order valence-corrected chi connectivity index (χ2v) is 3.19. The average Bonchev–Trinajstić information content (AvgIpc) is 2.21. The molecule has 82 valence electrons. The number of anilines is 2. The lowest BCUT2D eigenvalue weighted by molar-refractivity contribution is 0.0956. The highest BCUT2D eigenvalue weighted by Gasteiger charge is 2.06. The van der Waals surface area contributed by atoms with Crippen LogP contribution in [0.25, 0.3) is 0 Å². The molecule has 0 aromatic heterocycles. The molecule has 4 N–H and O–H groups in total. The van der Waals surface area contributed by atoms with Crippen molar-refractivity contribution in [3.8, 4) is 0 Å². The van der Waals surface area contributed by atoms with Gasteiger partial charge in [0.2, 0.25) is 0 Å². The van der Waals surface area contributed by atoms with Gasteiger partial charge in [-0.25, -0.2) is 0 Å². The Kier molecular flexibility index (Phi) is 3.97. The minimum atomic E-state index is -0.0905. The van der Waals surface area contributed by atoms with E-state index in [4.69, 9.17) is 5.73 Å². The van der Waals surface area contributed by atoms with E-state index in [0.717, 1.165) is 12.2 Å². The molecule has 0 aliphatic rings. The first-order valence-electron chi connectivity index (χ1n) is 5.10. The summed E-state index contributed by atoms with van der Waals surface area (Å²) >= 11 is 0. The van der Waals surface area contributed by atoms with E-state index in [1.165, 1.54) is 0 Å². The van der Waals surface area contributed by atoms with Crippen molar-refractivity contribution in [2.45, 2.75) is 13.8 Å². The zero-order valence-corrected chi connectivity index (χ0v) is 9.13. The Hall–Kier alpha value is -1.71. The molecule has 0 atom stereocenters. The molecule has 0 bridgehead atoms. The Bertz CT molecular complexity index is 350. The van der Waals surface area contributed by atoms with Crippen LogP contribution >= 0.6 is 0 Å². The van der Waals surface area contributed by atoms with Crippen molar-refractivity contribution in [3.63, 3.8) is 0 Å². The molecule has 0 aliphatic heterocycles. The fourth-order valence-corrected chi connectivity index (χ4v) is 1.32. The summed E-state index contributed by atoms with van der Waals surface area (Å²) in [4.78, 5) is 11.5. The quantitative estimate of drug-likeness (QED) is 0.655. The number of benzene rings is 1. The van der Waals surface area contributed by atoms with Crippen LogP contribution in [0.1, 0.15) is 24.2 Å². The number of nitrogens with two attached hydrogens (primary N) is 1. The maximum atomic E-state index is 11.5. The van der Waals surface area contributed by atoms with Crippen molar-refractivity contribution in [2.24, 2.45) is 0 Å². The standard InChI is InChI=1S/C11H17N3O/c1-3-13-10-6-5-8(7-9(10)12)11(15)14-4-2/h5-7,13H,3-4,12H2,1-2H3,(H,14,15). The molecule has 0 aliphatic carbocycles. The molecule has 0 radical (unpaired) electrons. The summed E-state index contributed by atoms with van der Waals surface area (Å²) in [7, 11) is 0. The Labute approximate surface area is 89.9 Å². The summed E-state index contributed by atoms with van der Waals surface area (Å²) < 4.78 is 0. The van der Waals surface area contributed by atoms with Crippen LogP contribution in [0, 0.1) is 0 Å². The molecule has 1 aromatic carbocycles. The average molecular weight is 207 g/mol.